The number of aliphatic hydroxyl groups is 1. The van der Waals surface area contributed by atoms with Crippen molar-refractivity contribution < 1.29 is 19.1 Å². The largest absolute Gasteiger partial charge is 0.388 e. The molecule has 0 radical (unpaired) electrons. The molecule has 1 fully saturated rings. The lowest BCUT2D eigenvalue weighted by molar-refractivity contribution is -0.131. The van der Waals surface area contributed by atoms with Crippen LogP contribution in [0.25, 0.3) is 11.0 Å². The van der Waals surface area contributed by atoms with Crippen LogP contribution in [0.15, 0.2) is 72.8 Å². The SMILES string of the molecule is NC(=O)[C@@H](NC(=O)[C@@H]1CCCC[C@H]1c1ccc(Cn2c(CO)nc3ccccc32)cc1)c1ccc(F)cc1. The van der Waals surface area contributed by atoms with Crippen molar-refractivity contribution in [2.45, 2.75) is 50.8 Å². The van der Waals surface area contributed by atoms with Crippen LogP contribution in [0.3, 0.4) is 0 Å². The van der Waals surface area contributed by atoms with Gasteiger partial charge >= 0.3 is 0 Å². The second kappa shape index (κ2) is 11.1. The predicted molar refractivity (Wildman–Crippen MR) is 142 cm³/mol. The van der Waals surface area contributed by atoms with E-state index >= 15 is 0 Å². The molecule has 1 aromatic heterocycles. The molecule has 1 saturated carbocycles. The van der Waals surface area contributed by atoms with Crippen molar-refractivity contribution in [3.63, 3.8) is 0 Å². The van der Waals surface area contributed by atoms with Gasteiger partial charge in [-0.05, 0) is 59.7 Å². The monoisotopic (exact) mass is 514 g/mol. The molecule has 1 heterocycles. The second-order valence-electron chi connectivity index (χ2n) is 9.90. The first kappa shape index (κ1) is 25.6. The summed E-state index contributed by atoms with van der Waals surface area (Å²) in [5.74, 6) is -0.991. The molecule has 7 nitrogen and oxygen atoms in total. The van der Waals surface area contributed by atoms with E-state index in [2.05, 4.69) is 34.6 Å². The molecular formula is C30H31FN4O3. The maximum Gasteiger partial charge on any atom is 0.244 e. The first-order valence-electron chi connectivity index (χ1n) is 12.9. The van der Waals surface area contributed by atoms with Gasteiger partial charge in [-0.2, -0.15) is 0 Å². The summed E-state index contributed by atoms with van der Waals surface area (Å²) < 4.78 is 15.4. The lowest BCUT2D eigenvalue weighted by atomic mass is 9.74. The summed E-state index contributed by atoms with van der Waals surface area (Å²) in [6.45, 7) is 0.430. The third-order valence-corrected chi connectivity index (χ3v) is 7.50. The van der Waals surface area contributed by atoms with Gasteiger partial charge in [-0.25, -0.2) is 9.37 Å². The van der Waals surface area contributed by atoms with E-state index in [-0.39, 0.29) is 24.3 Å². The molecule has 0 saturated heterocycles. The Labute approximate surface area is 220 Å². The molecule has 196 valence electrons. The summed E-state index contributed by atoms with van der Waals surface area (Å²) in [7, 11) is 0. The molecule has 0 spiro atoms. The summed E-state index contributed by atoms with van der Waals surface area (Å²) in [6, 6.07) is 20.5. The Balaban J connectivity index is 1.33. The number of imidazole rings is 1. The molecule has 3 atom stereocenters. The number of para-hydroxylation sites is 2. The maximum atomic E-state index is 13.4. The Morgan fingerprint density at radius 1 is 1.03 bits per heavy atom. The van der Waals surface area contributed by atoms with Gasteiger partial charge in [-0.3, -0.25) is 9.59 Å². The van der Waals surface area contributed by atoms with Crippen LogP contribution in [0.2, 0.25) is 0 Å². The smallest absolute Gasteiger partial charge is 0.244 e. The predicted octanol–water partition coefficient (Wildman–Crippen LogP) is 4.33. The number of aromatic nitrogens is 2. The number of primary amides is 1. The molecule has 3 aromatic carbocycles. The van der Waals surface area contributed by atoms with E-state index in [1.807, 2.05) is 28.8 Å². The number of carbonyl (C=O) groups excluding carboxylic acids is 2. The average molecular weight is 515 g/mol. The standard InChI is InChI=1S/C30H31FN4O3/c31-22-15-13-21(14-16-22)28(29(32)37)34-30(38)24-6-2-1-5-23(24)20-11-9-19(10-12-20)17-35-26-8-4-3-7-25(26)33-27(35)18-36/h3-4,7-16,23-24,28,36H,1-2,5-6,17-18H2,(H2,32,37)(H,34,38)/t23-,24+,28-/m0/s1. The van der Waals surface area contributed by atoms with Crippen molar-refractivity contribution in [3.05, 3.63) is 101 Å². The van der Waals surface area contributed by atoms with E-state index in [9.17, 15) is 19.1 Å². The van der Waals surface area contributed by atoms with Crippen LogP contribution >= 0.6 is 0 Å². The molecule has 0 unspecified atom stereocenters. The fourth-order valence-corrected chi connectivity index (χ4v) is 5.54. The zero-order valence-corrected chi connectivity index (χ0v) is 21.0. The highest BCUT2D eigenvalue weighted by Gasteiger charge is 2.34. The molecule has 0 bridgehead atoms. The van der Waals surface area contributed by atoms with E-state index < -0.39 is 17.8 Å². The normalized spacial score (nSPS) is 18.3. The van der Waals surface area contributed by atoms with E-state index in [1.54, 1.807) is 0 Å². The average Bonchev–Trinajstić information content (AvgIpc) is 3.30. The van der Waals surface area contributed by atoms with Crippen molar-refractivity contribution in [1.29, 1.82) is 0 Å². The minimum Gasteiger partial charge on any atom is -0.388 e. The summed E-state index contributed by atoms with van der Waals surface area (Å²) >= 11 is 0. The summed E-state index contributed by atoms with van der Waals surface area (Å²) in [5, 5.41) is 12.6. The number of fused-ring (bicyclic) bond motifs is 1. The van der Waals surface area contributed by atoms with Crippen LogP contribution in [-0.2, 0) is 22.7 Å². The van der Waals surface area contributed by atoms with Gasteiger partial charge in [0.2, 0.25) is 11.8 Å². The summed E-state index contributed by atoms with van der Waals surface area (Å²) in [6.07, 6.45) is 3.54. The number of nitrogens with one attached hydrogen (secondary N) is 1. The van der Waals surface area contributed by atoms with Gasteiger partial charge in [-0.15, -0.1) is 0 Å². The number of benzene rings is 3. The number of halogens is 1. The van der Waals surface area contributed by atoms with Crippen molar-refractivity contribution in [3.8, 4) is 0 Å². The van der Waals surface area contributed by atoms with Gasteiger partial charge in [0.05, 0.1) is 11.0 Å². The third kappa shape index (κ3) is 5.31. The van der Waals surface area contributed by atoms with Gasteiger partial charge in [-0.1, -0.05) is 61.4 Å². The van der Waals surface area contributed by atoms with E-state index in [0.29, 0.717) is 24.4 Å². The number of aliphatic hydroxyl groups excluding tert-OH is 1. The Kier molecular flexibility index (Phi) is 7.51. The third-order valence-electron chi connectivity index (χ3n) is 7.50. The Hall–Kier alpha value is -4.04. The highest BCUT2D eigenvalue weighted by molar-refractivity contribution is 5.89. The number of rotatable bonds is 8. The molecule has 4 aromatic rings. The fourth-order valence-electron chi connectivity index (χ4n) is 5.54. The van der Waals surface area contributed by atoms with Crippen LogP contribution in [-0.4, -0.2) is 26.5 Å². The first-order chi connectivity index (χ1) is 18.4. The van der Waals surface area contributed by atoms with Gasteiger partial charge < -0.3 is 20.7 Å². The fraction of sp³-hybridized carbons (Fsp3) is 0.300. The van der Waals surface area contributed by atoms with Crippen LogP contribution in [0, 0.1) is 11.7 Å². The molecule has 2 amide bonds. The number of hydrogen-bond acceptors (Lipinski definition) is 4. The lowest BCUT2D eigenvalue weighted by Gasteiger charge is -2.32. The van der Waals surface area contributed by atoms with Gasteiger partial charge in [0.15, 0.2) is 0 Å². The van der Waals surface area contributed by atoms with Crippen molar-refractivity contribution in [2.75, 3.05) is 0 Å². The van der Waals surface area contributed by atoms with Crippen LogP contribution in [0.4, 0.5) is 4.39 Å². The number of hydrogen-bond donors (Lipinski definition) is 3. The van der Waals surface area contributed by atoms with Crippen LogP contribution in [0.5, 0.6) is 0 Å². The quantitative estimate of drug-likeness (QED) is 0.325. The molecule has 4 N–H and O–H groups in total. The molecule has 0 aliphatic heterocycles. The zero-order valence-electron chi connectivity index (χ0n) is 21.0. The van der Waals surface area contributed by atoms with Gasteiger partial charge in [0.25, 0.3) is 0 Å². The Morgan fingerprint density at radius 2 is 1.74 bits per heavy atom. The maximum absolute atomic E-state index is 13.4. The van der Waals surface area contributed by atoms with Gasteiger partial charge in [0, 0.05) is 12.5 Å². The minimum absolute atomic E-state index is 0.0154. The highest BCUT2D eigenvalue weighted by atomic mass is 19.1. The number of nitrogens with two attached hydrogens (primary N) is 1. The van der Waals surface area contributed by atoms with Crippen molar-refractivity contribution in [1.82, 2.24) is 14.9 Å². The zero-order chi connectivity index (χ0) is 26.6. The van der Waals surface area contributed by atoms with E-state index in [0.717, 1.165) is 41.4 Å². The van der Waals surface area contributed by atoms with Crippen molar-refractivity contribution >= 4 is 22.8 Å². The van der Waals surface area contributed by atoms with E-state index in [1.165, 1.54) is 24.3 Å². The van der Waals surface area contributed by atoms with Crippen molar-refractivity contribution in [2.24, 2.45) is 11.7 Å². The first-order valence-corrected chi connectivity index (χ1v) is 12.9. The molecule has 5 rings (SSSR count). The number of amides is 2. The van der Waals surface area contributed by atoms with E-state index in [4.69, 9.17) is 5.73 Å². The Morgan fingerprint density at radius 3 is 2.45 bits per heavy atom. The molecule has 1 aliphatic rings. The second-order valence-corrected chi connectivity index (χ2v) is 9.90. The number of carbonyl (C=O) groups is 2. The van der Waals surface area contributed by atoms with Crippen LogP contribution < -0.4 is 11.1 Å². The van der Waals surface area contributed by atoms with Gasteiger partial charge in [0.1, 0.15) is 24.3 Å². The Bertz CT molecular complexity index is 1430. The lowest BCUT2D eigenvalue weighted by Crippen LogP contribution is -2.42. The van der Waals surface area contributed by atoms with Crippen LogP contribution in [0.1, 0.15) is 60.2 Å². The summed E-state index contributed by atoms with van der Waals surface area (Å²) in [4.78, 5) is 30.1. The molecule has 38 heavy (non-hydrogen) atoms. The number of nitrogens with zero attached hydrogens (tertiary/aromatic N) is 2. The minimum atomic E-state index is -1.02. The molecule has 1 aliphatic carbocycles. The topological polar surface area (TPSA) is 110 Å². The highest BCUT2D eigenvalue weighted by Crippen LogP contribution is 2.38. The molecular weight excluding hydrogens is 483 g/mol. The molecule has 8 heteroatoms. The summed E-state index contributed by atoms with van der Waals surface area (Å²) in [5.41, 5.74) is 10.00.